The van der Waals surface area contributed by atoms with Gasteiger partial charge in [-0.05, 0) is 37.6 Å². The number of hydrogen-bond donors (Lipinski definition) is 1. The molecule has 0 aromatic heterocycles. The van der Waals surface area contributed by atoms with E-state index in [4.69, 9.17) is 16.3 Å². The van der Waals surface area contributed by atoms with Crippen molar-refractivity contribution in [2.24, 2.45) is 0 Å². The van der Waals surface area contributed by atoms with E-state index >= 15 is 0 Å². The Morgan fingerprint density at radius 3 is 2.44 bits per heavy atom. The normalized spacial score (nSPS) is 16.1. The molecule has 6 heteroatoms. The van der Waals surface area contributed by atoms with Gasteiger partial charge in [0.05, 0.1) is 18.8 Å². The Morgan fingerprint density at radius 2 is 1.81 bits per heavy atom. The minimum atomic E-state index is -0.219. The topological polar surface area (TPSA) is 44.8 Å². The number of nitrogens with zero attached hydrogens (tertiary/aromatic N) is 2. The molecule has 0 bridgehead atoms. The van der Waals surface area contributed by atoms with Crippen molar-refractivity contribution in [3.63, 3.8) is 0 Å². The van der Waals surface area contributed by atoms with Gasteiger partial charge >= 0.3 is 0 Å². The second kappa shape index (κ2) is 8.63. The third-order valence-electron chi connectivity index (χ3n) is 5.10. The van der Waals surface area contributed by atoms with Gasteiger partial charge in [-0.3, -0.25) is 9.69 Å². The van der Waals surface area contributed by atoms with Crippen molar-refractivity contribution >= 4 is 28.9 Å². The van der Waals surface area contributed by atoms with Crippen LogP contribution in [-0.2, 0) is 4.79 Å². The van der Waals surface area contributed by atoms with E-state index in [1.807, 2.05) is 26.0 Å². The lowest BCUT2D eigenvalue weighted by molar-refractivity contribution is -0.120. The van der Waals surface area contributed by atoms with Crippen molar-refractivity contribution in [2.45, 2.75) is 19.9 Å². The molecule has 1 saturated heterocycles. The first-order valence-corrected chi connectivity index (χ1v) is 9.56. The van der Waals surface area contributed by atoms with Gasteiger partial charge in [0.2, 0.25) is 5.91 Å². The predicted octanol–water partition coefficient (Wildman–Crippen LogP) is 3.81. The molecule has 0 spiro atoms. The summed E-state index contributed by atoms with van der Waals surface area (Å²) in [6.45, 7) is 7.36. The number of amides is 1. The molecule has 1 amide bonds. The lowest BCUT2D eigenvalue weighted by Crippen LogP contribution is -2.52. The molecule has 1 aliphatic rings. The molecule has 1 aliphatic heterocycles. The minimum absolute atomic E-state index is 0.0387. The van der Waals surface area contributed by atoms with Crippen LogP contribution in [0.2, 0.25) is 5.02 Å². The molecular formula is C21H26ClN3O2. The quantitative estimate of drug-likeness (QED) is 0.847. The van der Waals surface area contributed by atoms with E-state index in [2.05, 4.69) is 39.4 Å². The van der Waals surface area contributed by atoms with Crippen LogP contribution in [0, 0.1) is 6.92 Å². The van der Waals surface area contributed by atoms with Gasteiger partial charge in [0, 0.05) is 43.0 Å². The van der Waals surface area contributed by atoms with Crippen molar-refractivity contribution in [3.8, 4) is 5.75 Å². The molecule has 3 rings (SSSR count). The molecule has 0 saturated carbocycles. The van der Waals surface area contributed by atoms with Crippen LogP contribution in [0.4, 0.5) is 11.4 Å². The largest absolute Gasteiger partial charge is 0.495 e. The van der Waals surface area contributed by atoms with Gasteiger partial charge in [-0.2, -0.15) is 0 Å². The number of benzene rings is 2. The van der Waals surface area contributed by atoms with E-state index in [1.165, 1.54) is 5.69 Å². The monoisotopic (exact) mass is 387 g/mol. The molecule has 1 heterocycles. The molecule has 5 nitrogen and oxygen atoms in total. The first-order chi connectivity index (χ1) is 13.0. The zero-order chi connectivity index (χ0) is 19.4. The van der Waals surface area contributed by atoms with E-state index in [-0.39, 0.29) is 11.9 Å². The molecule has 2 aromatic carbocycles. The van der Waals surface area contributed by atoms with E-state index in [9.17, 15) is 4.79 Å². The Bertz CT molecular complexity index is 790. The van der Waals surface area contributed by atoms with Gasteiger partial charge in [0.25, 0.3) is 0 Å². The average Bonchev–Trinajstić information content (AvgIpc) is 2.70. The summed E-state index contributed by atoms with van der Waals surface area (Å²) in [7, 11) is 1.57. The lowest BCUT2D eigenvalue weighted by atomic mass is 10.1. The summed E-state index contributed by atoms with van der Waals surface area (Å²) in [5.74, 6) is 0.531. The van der Waals surface area contributed by atoms with Crippen LogP contribution in [0.1, 0.15) is 12.5 Å². The summed E-state index contributed by atoms with van der Waals surface area (Å²) in [6.07, 6.45) is 0. The molecule has 2 aromatic rings. The Labute approximate surface area is 165 Å². The maximum atomic E-state index is 12.8. The molecular weight excluding hydrogens is 362 g/mol. The molecule has 1 fully saturated rings. The van der Waals surface area contributed by atoms with Gasteiger partial charge in [0.15, 0.2) is 0 Å². The van der Waals surface area contributed by atoms with Crippen LogP contribution in [0.5, 0.6) is 5.75 Å². The number of rotatable bonds is 5. The number of nitrogens with one attached hydrogen (secondary N) is 1. The summed E-state index contributed by atoms with van der Waals surface area (Å²) in [5.41, 5.74) is 2.78. The fraction of sp³-hybridized carbons (Fsp3) is 0.381. The van der Waals surface area contributed by atoms with Crippen molar-refractivity contribution in [3.05, 3.63) is 53.1 Å². The molecule has 0 unspecified atom stereocenters. The van der Waals surface area contributed by atoms with Crippen molar-refractivity contribution in [1.82, 2.24) is 4.90 Å². The number of hydrogen-bond acceptors (Lipinski definition) is 4. The smallest absolute Gasteiger partial charge is 0.241 e. The van der Waals surface area contributed by atoms with E-state index < -0.39 is 0 Å². The van der Waals surface area contributed by atoms with Crippen LogP contribution in [-0.4, -0.2) is 50.1 Å². The number of carbonyl (C=O) groups is 1. The molecule has 27 heavy (non-hydrogen) atoms. The maximum Gasteiger partial charge on any atom is 0.241 e. The Hall–Kier alpha value is -2.24. The number of anilines is 2. The summed E-state index contributed by atoms with van der Waals surface area (Å²) < 4.78 is 5.35. The number of methoxy groups -OCH3 is 1. The van der Waals surface area contributed by atoms with Crippen molar-refractivity contribution < 1.29 is 9.53 Å². The predicted molar refractivity (Wildman–Crippen MR) is 111 cm³/mol. The lowest BCUT2D eigenvalue weighted by Gasteiger charge is -2.38. The summed E-state index contributed by atoms with van der Waals surface area (Å²) in [5, 5.41) is 3.61. The summed E-state index contributed by atoms with van der Waals surface area (Å²) in [6, 6.07) is 13.7. The SMILES string of the molecule is COc1cc(Cl)c(C)cc1NC(=O)[C@H](C)N1CCN(c2ccccc2)CC1. The number of piperazine rings is 1. The highest BCUT2D eigenvalue weighted by Crippen LogP contribution is 2.31. The number of halogens is 1. The second-order valence-corrected chi connectivity index (χ2v) is 7.23. The summed E-state index contributed by atoms with van der Waals surface area (Å²) >= 11 is 6.14. The van der Waals surface area contributed by atoms with E-state index in [0.717, 1.165) is 31.7 Å². The average molecular weight is 388 g/mol. The van der Waals surface area contributed by atoms with Gasteiger partial charge < -0.3 is 15.0 Å². The number of carbonyl (C=O) groups excluding carboxylic acids is 1. The van der Waals surface area contributed by atoms with Gasteiger partial charge in [-0.15, -0.1) is 0 Å². The Kier molecular flexibility index (Phi) is 6.24. The maximum absolute atomic E-state index is 12.8. The first-order valence-electron chi connectivity index (χ1n) is 9.18. The van der Waals surface area contributed by atoms with Crippen molar-refractivity contribution in [2.75, 3.05) is 43.5 Å². The van der Waals surface area contributed by atoms with Crippen LogP contribution >= 0.6 is 11.6 Å². The summed E-state index contributed by atoms with van der Waals surface area (Å²) in [4.78, 5) is 17.3. The number of aryl methyl sites for hydroxylation is 1. The van der Waals surface area contributed by atoms with Crippen molar-refractivity contribution in [1.29, 1.82) is 0 Å². The van der Waals surface area contributed by atoms with E-state index in [0.29, 0.717) is 16.5 Å². The Morgan fingerprint density at radius 1 is 1.15 bits per heavy atom. The van der Waals surface area contributed by atoms with Crippen LogP contribution < -0.4 is 15.0 Å². The fourth-order valence-corrected chi connectivity index (χ4v) is 3.49. The fourth-order valence-electron chi connectivity index (χ4n) is 3.34. The number of para-hydroxylation sites is 1. The highest BCUT2D eigenvalue weighted by molar-refractivity contribution is 6.31. The van der Waals surface area contributed by atoms with Crippen LogP contribution in [0.3, 0.4) is 0 Å². The third-order valence-corrected chi connectivity index (χ3v) is 5.51. The molecule has 1 N–H and O–H groups in total. The Balaban J connectivity index is 1.61. The molecule has 1 atom stereocenters. The van der Waals surface area contributed by atoms with Gasteiger partial charge in [-0.25, -0.2) is 0 Å². The van der Waals surface area contributed by atoms with E-state index in [1.54, 1.807) is 13.2 Å². The second-order valence-electron chi connectivity index (χ2n) is 6.83. The van der Waals surface area contributed by atoms with Crippen LogP contribution in [0.25, 0.3) is 0 Å². The minimum Gasteiger partial charge on any atom is -0.495 e. The third kappa shape index (κ3) is 4.54. The highest BCUT2D eigenvalue weighted by atomic mass is 35.5. The zero-order valence-corrected chi connectivity index (χ0v) is 16.8. The molecule has 0 aliphatic carbocycles. The first kappa shape index (κ1) is 19.5. The van der Waals surface area contributed by atoms with Gasteiger partial charge in [0.1, 0.15) is 5.75 Å². The zero-order valence-electron chi connectivity index (χ0n) is 16.0. The molecule has 0 radical (unpaired) electrons. The molecule has 144 valence electrons. The standard InChI is InChI=1S/C21H26ClN3O2/c1-15-13-19(20(27-3)14-18(15)22)23-21(26)16(2)24-9-11-25(12-10-24)17-7-5-4-6-8-17/h4-8,13-14,16H,9-12H2,1-3H3,(H,23,26)/t16-/m0/s1. The van der Waals surface area contributed by atoms with Crippen LogP contribution in [0.15, 0.2) is 42.5 Å². The van der Waals surface area contributed by atoms with Gasteiger partial charge in [-0.1, -0.05) is 29.8 Å². The highest BCUT2D eigenvalue weighted by Gasteiger charge is 2.26. The number of ether oxygens (including phenoxy) is 1.